The number of hydrogen-bond donors (Lipinski definition) is 0. The maximum absolute atomic E-state index is 9.66. The average Bonchev–Trinajstić information content (AvgIpc) is 3.25. The van der Waals surface area contributed by atoms with Crippen LogP contribution in [0.1, 0.15) is 29.5 Å². The van der Waals surface area contributed by atoms with Crippen molar-refractivity contribution in [2.24, 2.45) is 0 Å². The number of thiazole rings is 1. The largest absolute Gasteiger partial charge is 0.341 e. The number of nitriles is 1. The van der Waals surface area contributed by atoms with Crippen molar-refractivity contribution in [1.82, 2.24) is 15.0 Å². The fraction of sp³-hybridized carbons (Fsp3) is 0.294. The Morgan fingerprint density at radius 2 is 1.96 bits per heavy atom. The van der Waals surface area contributed by atoms with Gasteiger partial charge in [-0.1, -0.05) is 12.1 Å². The predicted molar refractivity (Wildman–Crippen MR) is 90.6 cm³/mol. The molecular formula is C17H15N5S. The molecule has 0 amide bonds. The fourth-order valence-corrected chi connectivity index (χ4v) is 3.88. The summed E-state index contributed by atoms with van der Waals surface area (Å²) in [6.07, 6.45) is 4.09. The molecule has 1 fully saturated rings. The van der Waals surface area contributed by atoms with Crippen LogP contribution in [0.25, 0.3) is 10.2 Å². The first-order chi connectivity index (χ1) is 11.3. The van der Waals surface area contributed by atoms with E-state index in [4.69, 9.17) is 0 Å². The van der Waals surface area contributed by atoms with Crippen LogP contribution in [-0.4, -0.2) is 28.0 Å². The minimum atomic E-state index is -0.447. The second-order valence-electron chi connectivity index (χ2n) is 5.56. The zero-order chi connectivity index (χ0) is 15.6. The highest BCUT2D eigenvalue weighted by Crippen LogP contribution is 2.31. The summed E-state index contributed by atoms with van der Waals surface area (Å²) in [5, 5.41) is 10.4. The van der Waals surface area contributed by atoms with Crippen LogP contribution >= 0.6 is 11.3 Å². The molecule has 0 bridgehead atoms. The Kier molecular flexibility index (Phi) is 3.64. The third-order valence-electron chi connectivity index (χ3n) is 4.04. The summed E-state index contributed by atoms with van der Waals surface area (Å²) in [5.41, 5.74) is 1.66. The Morgan fingerprint density at radius 1 is 1.13 bits per heavy atom. The molecule has 1 saturated heterocycles. The maximum Gasteiger partial charge on any atom is 0.225 e. The summed E-state index contributed by atoms with van der Waals surface area (Å²) in [5.74, 6) is 0.276. The number of anilines is 1. The van der Waals surface area contributed by atoms with Crippen molar-refractivity contribution >= 4 is 27.5 Å². The third kappa shape index (κ3) is 2.64. The monoisotopic (exact) mass is 321 g/mol. The minimum absolute atomic E-state index is 0.447. The van der Waals surface area contributed by atoms with Gasteiger partial charge >= 0.3 is 0 Å². The van der Waals surface area contributed by atoms with Gasteiger partial charge < -0.3 is 4.90 Å². The van der Waals surface area contributed by atoms with E-state index >= 15 is 0 Å². The number of benzene rings is 1. The molecule has 6 heteroatoms. The molecule has 23 heavy (non-hydrogen) atoms. The van der Waals surface area contributed by atoms with E-state index in [0.29, 0.717) is 0 Å². The third-order valence-corrected chi connectivity index (χ3v) is 5.14. The first kappa shape index (κ1) is 14.1. The van der Waals surface area contributed by atoms with Gasteiger partial charge in [-0.25, -0.2) is 15.0 Å². The molecule has 1 aromatic carbocycles. The van der Waals surface area contributed by atoms with Gasteiger partial charge in [-0.2, -0.15) is 5.26 Å². The molecule has 4 rings (SSSR count). The SMILES string of the molecule is N#CC(c1ccnc(N2CCCC2)n1)c1nc2ccccc2s1. The van der Waals surface area contributed by atoms with Crippen LogP contribution in [0.15, 0.2) is 36.5 Å². The molecule has 3 heterocycles. The van der Waals surface area contributed by atoms with Crippen molar-refractivity contribution in [3.05, 3.63) is 47.2 Å². The van der Waals surface area contributed by atoms with Gasteiger partial charge in [-0.15, -0.1) is 11.3 Å². The summed E-state index contributed by atoms with van der Waals surface area (Å²) in [7, 11) is 0. The van der Waals surface area contributed by atoms with E-state index in [1.807, 2.05) is 30.3 Å². The molecule has 0 aliphatic carbocycles. The molecule has 1 aliphatic rings. The molecule has 3 aromatic rings. The summed E-state index contributed by atoms with van der Waals surface area (Å²) in [4.78, 5) is 15.8. The fourth-order valence-electron chi connectivity index (χ4n) is 2.85. The number of aromatic nitrogens is 3. The molecule has 1 atom stereocenters. The van der Waals surface area contributed by atoms with Gasteiger partial charge in [-0.05, 0) is 31.0 Å². The summed E-state index contributed by atoms with van der Waals surface area (Å²) in [6, 6.07) is 12.1. The van der Waals surface area contributed by atoms with Crippen LogP contribution in [0.2, 0.25) is 0 Å². The quantitative estimate of drug-likeness (QED) is 0.740. The Labute approximate surface area is 138 Å². The average molecular weight is 321 g/mol. The Bertz CT molecular complexity index is 843. The second-order valence-corrected chi connectivity index (χ2v) is 6.62. The molecule has 0 saturated carbocycles. The highest BCUT2D eigenvalue weighted by molar-refractivity contribution is 7.18. The van der Waals surface area contributed by atoms with Gasteiger partial charge in [0.2, 0.25) is 5.95 Å². The van der Waals surface area contributed by atoms with Crippen molar-refractivity contribution in [1.29, 1.82) is 5.26 Å². The van der Waals surface area contributed by atoms with Crippen molar-refractivity contribution in [2.75, 3.05) is 18.0 Å². The Hall–Kier alpha value is -2.52. The maximum atomic E-state index is 9.66. The van der Waals surface area contributed by atoms with Crippen molar-refractivity contribution in [2.45, 2.75) is 18.8 Å². The first-order valence-electron chi connectivity index (χ1n) is 7.68. The lowest BCUT2D eigenvalue weighted by molar-refractivity contribution is 0.860. The van der Waals surface area contributed by atoms with Crippen LogP contribution in [0.5, 0.6) is 0 Å². The molecule has 0 spiro atoms. The number of para-hydroxylation sites is 1. The smallest absolute Gasteiger partial charge is 0.225 e. The van der Waals surface area contributed by atoms with Crippen LogP contribution in [-0.2, 0) is 0 Å². The van der Waals surface area contributed by atoms with E-state index in [1.54, 1.807) is 17.5 Å². The van der Waals surface area contributed by atoms with Crippen LogP contribution < -0.4 is 4.90 Å². The number of fused-ring (bicyclic) bond motifs is 1. The highest BCUT2D eigenvalue weighted by atomic mass is 32.1. The van der Waals surface area contributed by atoms with Crippen LogP contribution in [0.4, 0.5) is 5.95 Å². The Balaban J connectivity index is 1.72. The zero-order valence-corrected chi connectivity index (χ0v) is 13.3. The molecule has 0 radical (unpaired) electrons. The van der Waals surface area contributed by atoms with Gasteiger partial charge in [0.05, 0.1) is 22.0 Å². The molecule has 0 N–H and O–H groups in total. The Morgan fingerprint density at radius 3 is 2.74 bits per heavy atom. The standard InChI is InChI=1S/C17H15N5S/c18-11-12(16-20-14-5-1-2-6-15(14)23-16)13-7-8-19-17(21-13)22-9-3-4-10-22/h1-2,5-8,12H,3-4,9-10H2. The first-order valence-corrected chi connectivity index (χ1v) is 8.50. The van der Waals surface area contributed by atoms with Crippen LogP contribution in [0, 0.1) is 11.3 Å². The minimum Gasteiger partial charge on any atom is -0.341 e. The van der Waals surface area contributed by atoms with Crippen molar-refractivity contribution < 1.29 is 0 Å². The zero-order valence-electron chi connectivity index (χ0n) is 12.5. The molecular weight excluding hydrogens is 306 g/mol. The molecule has 5 nitrogen and oxygen atoms in total. The number of nitrogens with zero attached hydrogens (tertiary/aromatic N) is 5. The lowest BCUT2D eigenvalue weighted by Crippen LogP contribution is -2.21. The van der Waals surface area contributed by atoms with Gasteiger partial charge in [0, 0.05) is 19.3 Å². The molecule has 114 valence electrons. The van der Waals surface area contributed by atoms with Gasteiger partial charge in [0.25, 0.3) is 0 Å². The summed E-state index contributed by atoms with van der Waals surface area (Å²) < 4.78 is 1.09. The van der Waals surface area contributed by atoms with Gasteiger partial charge in [-0.3, -0.25) is 0 Å². The number of rotatable bonds is 3. The van der Waals surface area contributed by atoms with E-state index in [0.717, 1.165) is 40.0 Å². The van der Waals surface area contributed by atoms with E-state index < -0.39 is 5.92 Å². The molecule has 2 aromatic heterocycles. The molecule has 1 aliphatic heterocycles. The number of hydrogen-bond acceptors (Lipinski definition) is 6. The van der Waals surface area contributed by atoms with E-state index in [2.05, 4.69) is 25.9 Å². The van der Waals surface area contributed by atoms with Crippen molar-refractivity contribution in [3.63, 3.8) is 0 Å². The topological polar surface area (TPSA) is 65.7 Å². The summed E-state index contributed by atoms with van der Waals surface area (Å²) in [6.45, 7) is 1.98. The predicted octanol–water partition coefficient (Wildman–Crippen LogP) is 3.34. The lowest BCUT2D eigenvalue weighted by Gasteiger charge is -2.16. The van der Waals surface area contributed by atoms with E-state index in [9.17, 15) is 5.26 Å². The highest BCUT2D eigenvalue weighted by Gasteiger charge is 2.22. The van der Waals surface area contributed by atoms with Gasteiger partial charge in [0.1, 0.15) is 10.9 Å². The van der Waals surface area contributed by atoms with Crippen molar-refractivity contribution in [3.8, 4) is 6.07 Å². The molecule has 1 unspecified atom stereocenters. The second kappa shape index (κ2) is 5.94. The summed E-state index contributed by atoms with van der Waals surface area (Å²) >= 11 is 1.56. The lowest BCUT2D eigenvalue weighted by atomic mass is 10.1. The van der Waals surface area contributed by atoms with E-state index in [1.165, 1.54) is 12.8 Å². The van der Waals surface area contributed by atoms with E-state index in [-0.39, 0.29) is 0 Å². The normalized spacial score (nSPS) is 15.7. The van der Waals surface area contributed by atoms with Gasteiger partial charge in [0.15, 0.2) is 0 Å². The van der Waals surface area contributed by atoms with Crippen LogP contribution in [0.3, 0.4) is 0 Å².